The quantitative estimate of drug-likeness (QED) is 0.431. The third-order valence-electron chi connectivity index (χ3n) is 0.183. The van der Waals surface area contributed by atoms with Gasteiger partial charge in [-0.2, -0.15) is 6.41 Å². The zero-order valence-electron chi connectivity index (χ0n) is 4.26. The molecule has 0 aromatic carbocycles. The molecule has 0 aliphatic heterocycles. The molecule has 0 unspecified atom stereocenters. The maximum atomic E-state index is 9.31. The summed E-state index contributed by atoms with van der Waals surface area (Å²) in [5, 5.41) is 0. The number of nitrogens with zero attached hydrogens (tertiary/aromatic N) is 1. The van der Waals surface area contributed by atoms with Crippen LogP contribution < -0.4 is 0 Å². The van der Waals surface area contributed by atoms with Crippen LogP contribution in [-0.2, 0) is 31.0 Å². The van der Waals surface area contributed by atoms with E-state index >= 15 is 0 Å². The fourth-order valence-electron chi connectivity index (χ4n) is 0. The molecule has 0 atom stereocenters. The molecule has 0 aliphatic carbocycles. The number of rotatable bonds is 1. The first-order chi connectivity index (χ1) is 2.27. The number of halogens is 1. The second-order valence-corrected chi connectivity index (χ2v) is 0.986. The Morgan fingerprint density at radius 2 is 1.57 bits per heavy atom. The fourth-order valence-corrected chi connectivity index (χ4v) is 0. The van der Waals surface area contributed by atoms with Gasteiger partial charge in [0.25, 0.3) is 0 Å². The molecule has 0 saturated carbocycles. The van der Waals surface area contributed by atoms with E-state index in [0.29, 0.717) is 0 Å². The third-order valence-corrected chi connectivity index (χ3v) is 0.183. The molecule has 4 heteroatoms. The van der Waals surface area contributed by atoms with Crippen molar-refractivity contribution in [2.24, 2.45) is 0 Å². The molecule has 2 nitrogen and oxygen atoms in total. The van der Waals surface area contributed by atoms with Crippen LogP contribution in [-0.4, -0.2) is 25.4 Å². The molecule has 0 fully saturated rings. The zero-order valence-corrected chi connectivity index (χ0v) is 7.54. The van der Waals surface area contributed by atoms with Gasteiger partial charge in [-0.1, -0.05) is 0 Å². The standard InChI is InChI=1S/C3H6NO.ClH.Zr/c1-4(2)3-5;;/h1-2H3;1H;/q-1;;. The van der Waals surface area contributed by atoms with Crippen LogP contribution in [0.15, 0.2) is 0 Å². The van der Waals surface area contributed by atoms with E-state index in [1.807, 2.05) is 0 Å². The molecule has 7 heavy (non-hydrogen) atoms. The van der Waals surface area contributed by atoms with Gasteiger partial charge in [-0.15, -0.1) is 12.4 Å². The van der Waals surface area contributed by atoms with E-state index in [4.69, 9.17) is 0 Å². The molecule has 0 spiro atoms. The van der Waals surface area contributed by atoms with Crippen LogP contribution in [0.4, 0.5) is 0 Å². The Morgan fingerprint density at radius 1 is 1.43 bits per heavy atom. The van der Waals surface area contributed by atoms with Gasteiger partial charge in [0, 0.05) is 26.2 Å². The minimum absolute atomic E-state index is 0. The average molecular weight is 200 g/mol. The summed E-state index contributed by atoms with van der Waals surface area (Å²) >= 11 is 0. The summed E-state index contributed by atoms with van der Waals surface area (Å²) in [5.74, 6) is 0. The van der Waals surface area contributed by atoms with E-state index in [1.54, 1.807) is 20.5 Å². The molecule has 0 rings (SSSR count). The van der Waals surface area contributed by atoms with Crippen LogP contribution in [0.1, 0.15) is 0 Å². The molecule has 0 saturated heterocycles. The summed E-state index contributed by atoms with van der Waals surface area (Å²) in [4.78, 5) is 10.6. The van der Waals surface area contributed by atoms with Crippen molar-refractivity contribution in [3.05, 3.63) is 0 Å². The first kappa shape index (κ1) is 15.6. The van der Waals surface area contributed by atoms with Gasteiger partial charge in [-0.3, -0.25) is 0 Å². The molecule has 0 aliphatic rings. The van der Waals surface area contributed by atoms with E-state index < -0.39 is 0 Å². The number of amides is 1. The van der Waals surface area contributed by atoms with Crippen LogP contribution in [0.25, 0.3) is 0 Å². The minimum atomic E-state index is 0. The van der Waals surface area contributed by atoms with Gasteiger partial charge in [0.15, 0.2) is 0 Å². The Balaban J connectivity index is -0.0000000800. The van der Waals surface area contributed by atoms with Crippen molar-refractivity contribution >= 4 is 18.8 Å². The molecule has 0 aromatic rings. The van der Waals surface area contributed by atoms with E-state index in [9.17, 15) is 4.79 Å². The topological polar surface area (TPSA) is 20.3 Å². The molecular formula is C3H7ClNOZr-. The normalized spacial score (nSPS) is 4.86. The Morgan fingerprint density at radius 3 is 1.57 bits per heavy atom. The maximum absolute atomic E-state index is 9.31. The van der Waals surface area contributed by atoms with Crippen LogP contribution >= 0.6 is 12.4 Å². The molecule has 1 amide bonds. The van der Waals surface area contributed by atoms with Gasteiger partial charge < -0.3 is 9.69 Å². The summed E-state index contributed by atoms with van der Waals surface area (Å²) in [6, 6.07) is 0. The Bertz CT molecular complexity index is 41.9. The predicted molar refractivity (Wildman–Crippen MR) is 26.6 cm³/mol. The predicted octanol–water partition coefficient (Wildman–Crippen LogP) is 0.0345. The number of hydrogen-bond acceptors (Lipinski definition) is 1. The summed E-state index contributed by atoms with van der Waals surface area (Å²) < 4.78 is 0. The maximum Gasteiger partial charge on any atom is 0 e. The van der Waals surface area contributed by atoms with E-state index in [-0.39, 0.29) is 38.6 Å². The Labute approximate surface area is 68.8 Å². The average Bonchev–Trinajstić information content (AvgIpc) is 1.38. The Hall–Kier alpha value is 0.643. The van der Waals surface area contributed by atoms with Crippen LogP contribution in [0.2, 0.25) is 0 Å². The molecule has 0 bridgehead atoms. The molecular weight excluding hydrogens is 193 g/mol. The van der Waals surface area contributed by atoms with Gasteiger partial charge in [0.05, 0.1) is 0 Å². The van der Waals surface area contributed by atoms with Crippen molar-refractivity contribution in [3.63, 3.8) is 0 Å². The fraction of sp³-hybridized carbons (Fsp3) is 0.667. The molecule has 0 heterocycles. The number of hydrogen-bond donors (Lipinski definition) is 0. The van der Waals surface area contributed by atoms with E-state index in [2.05, 4.69) is 0 Å². The molecule has 0 N–H and O–H groups in total. The third kappa shape index (κ3) is 20.5. The molecule has 0 aromatic heterocycles. The van der Waals surface area contributed by atoms with Gasteiger partial charge in [0.1, 0.15) is 0 Å². The van der Waals surface area contributed by atoms with E-state index in [1.165, 1.54) is 4.90 Å². The Kier molecular flexibility index (Phi) is 21.9. The van der Waals surface area contributed by atoms with Gasteiger partial charge in [-0.25, -0.2) is 0 Å². The smallest absolute Gasteiger partial charge is 0 e. The second kappa shape index (κ2) is 9.81. The molecule has 0 radical (unpaired) electrons. The minimum Gasteiger partial charge on any atom is -0.522 e. The van der Waals surface area contributed by atoms with Crippen molar-refractivity contribution in [3.8, 4) is 0 Å². The van der Waals surface area contributed by atoms with Crippen LogP contribution in [0, 0.1) is 0 Å². The number of carbonyl (C=O) groups excluding carboxylic acids is 1. The van der Waals surface area contributed by atoms with Crippen molar-refractivity contribution in [1.82, 2.24) is 4.90 Å². The molecule has 42 valence electrons. The summed E-state index contributed by atoms with van der Waals surface area (Å²) in [6.45, 7) is 0. The van der Waals surface area contributed by atoms with Crippen molar-refractivity contribution in [2.75, 3.05) is 14.1 Å². The first-order valence-electron chi connectivity index (χ1n) is 1.32. The monoisotopic (exact) mass is 198 g/mol. The largest absolute Gasteiger partial charge is 0.522 e. The second-order valence-electron chi connectivity index (χ2n) is 0.986. The van der Waals surface area contributed by atoms with E-state index in [0.717, 1.165) is 0 Å². The summed E-state index contributed by atoms with van der Waals surface area (Å²) in [5.41, 5.74) is 0. The SMILES string of the molecule is CN(C)[C-]=O.Cl.[Zr]. The van der Waals surface area contributed by atoms with Crippen LogP contribution in [0.5, 0.6) is 0 Å². The van der Waals surface area contributed by atoms with Gasteiger partial charge >= 0.3 is 0 Å². The van der Waals surface area contributed by atoms with Gasteiger partial charge in [-0.05, 0) is 14.1 Å². The van der Waals surface area contributed by atoms with Crippen molar-refractivity contribution in [1.29, 1.82) is 0 Å². The van der Waals surface area contributed by atoms with Gasteiger partial charge in [0.2, 0.25) is 0 Å². The van der Waals surface area contributed by atoms with Crippen molar-refractivity contribution < 1.29 is 31.0 Å². The van der Waals surface area contributed by atoms with Crippen LogP contribution in [0.3, 0.4) is 0 Å². The summed E-state index contributed by atoms with van der Waals surface area (Å²) in [6.07, 6.45) is 1.61. The summed E-state index contributed by atoms with van der Waals surface area (Å²) in [7, 11) is 3.26. The van der Waals surface area contributed by atoms with Crippen molar-refractivity contribution in [2.45, 2.75) is 0 Å². The first-order valence-corrected chi connectivity index (χ1v) is 1.32. The zero-order chi connectivity index (χ0) is 4.28.